The average molecular weight is 225 g/mol. The van der Waals surface area contributed by atoms with Crippen molar-refractivity contribution in [3.8, 4) is 0 Å². The summed E-state index contributed by atoms with van der Waals surface area (Å²) < 4.78 is 1.57. The summed E-state index contributed by atoms with van der Waals surface area (Å²) in [5.41, 5.74) is 0.513. The highest BCUT2D eigenvalue weighted by molar-refractivity contribution is 5.93. The van der Waals surface area contributed by atoms with Gasteiger partial charge in [-0.15, -0.1) is 0 Å². The largest absolute Gasteiger partial charge is 0.391 e. The molecule has 1 heterocycles. The van der Waals surface area contributed by atoms with Gasteiger partial charge in [0.05, 0.1) is 17.9 Å². The molecule has 0 aliphatic rings. The summed E-state index contributed by atoms with van der Waals surface area (Å²) in [5.74, 6) is -0.00958. The third-order valence-corrected chi connectivity index (χ3v) is 2.74. The molecular formula is C11H19N3O2. The van der Waals surface area contributed by atoms with Gasteiger partial charge in [0.1, 0.15) is 0 Å². The number of aryl methyl sites for hydroxylation is 1. The van der Waals surface area contributed by atoms with Gasteiger partial charge < -0.3 is 10.4 Å². The fraction of sp³-hybridized carbons (Fsp3) is 0.636. The van der Waals surface area contributed by atoms with Crippen LogP contribution in [0.3, 0.4) is 0 Å². The van der Waals surface area contributed by atoms with Crippen LogP contribution in [0.2, 0.25) is 0 Å². The number of aromatic nitrogens is 2. The van der Waals surface area contributed by atoms with E-state index in [1.807, 2.05) is 13.8 Å². The van der Waals surface area contributed by atoms with Gasteiger partial charge in [-0.3, -0.25) is 9.48 Å². The quantitative estimate of drug-likeness (QED) is 0.769. The Morgan fingerprint density at radius 2 is 2.38 bits per heavy atom. The van der Waals surface area contributed by atoms with Crippen LogP contribution in [0.5, 0.6) is 0 Å². The number of aliphatic hydroxyl groups excluding tert-OH is 1. The van der Waals surface area contributed by atoms with Gasteiger partial charge in [0.25, 0.3) is 5.91 Å². The summed E-state index contributed by atoms with van der Waals surface area (Å²) in [5, 5.41) is 16.3. The molecule has 0 spiro atoms. The maximum absolute atomic E-state index is 11.6. The standard InChI is InChI=1S/C11H19N3O2/c1-4-8(2)10(15)6-12-11(16)9-5-13-14(3)7-9/h5,7-8,10,15H,4,6H2,1-3H3,(H,12,16). The molecule has 90 valence electrons. The fourth-order valence-corrected chi connectivity index (χ4v) is 1.31. The number of nitrogens with zero attached hydrogens (tertiary/aromatic N) is 2. The summed E-state index contributed by atoms with van der Waals surface area (Å²) in [6.07, 6.45) is 3.55. The average Bonchev–Trinajstić information content (AvgIpc) is 2.71. The van der Waals surface area contributed by atoms with Crippen molar-refractivity contribution in [3.63, 3.8) is 0 Å². The third kappa shape index (κ3) is 3.34. The molecule has 2 unspecified atom stereocenters. The van der Waals surface area contributed by atoms with Crippen molar-refractivity contribution < 1.29 is 9.90 Å². The van der Waals surface area contributed by atoms with Crippen molar-refractivity contribution in [2.75, 3.05) is 6.54 Å². The fourth-order valence-electron chi connectivity index (χ4n) is 1.31. The second-order valence-electron chi connectivity index (χ2n) is 4.07. The SMILES string of the molecule is CCC(C)C(O)CNC(=O)c1cnn(C)c1. The van der Waals surface area contributed by atoms with Crippen molar-refractivity contribution in [1.82, 2.24) is 15.1 Å². The van der Waals surface area contributed by atoms with Crippen LogP contribution in [0.15, 0.2) is 12.4 Å². The van der Waals surface area contributed by atoms with E-state index in [0.717, 1.165) is 6.42 Å². The smallest absolute Gasteiger partial charge is 0.254 e. The normalized spacial score (nSPS) is 14.5. The van der Waals surface area contributed by atoms with Gasteiger partial charge in [-0.25, -0.2) is 0 Å². The second kappa shape index (κ2) is 5.65. The van der Waals surface area contributed by atoms with E-state index < -0.39 is 6.10 Å². The molecule has 2 N–H and O–H groups in total. The summed E-state index contributed by atoms with van der Waals surface area (Å²) in [4.78, 5) is 11.6. The molecule has 0 radical (unpaired) electrons. The van der Waals surface area contributed by atoms with Crippen LogP contribution in [0.1, 0.15) is 30.6 Å². The Bertz CT molecular complexity index is 349. The Hall–Kier alpha value is -1.36. The molecule has 1 rings (SSSR count). The van der Waals surface area contributed by atoms with E-state index in [-0.39, 0.29) is 18.4 Å². The first-order valence-electron chi connectivity index (χ1n) is 5.49. The van der Waals surface area contributed by atoms with Crippen LogP contribution >= 0.6 is 0 Å². The minimum absolute atomic E-state index is 0.189. The van der Waals surface area contributed by atoms with Gasteiger partial charge in [-0.05, 0) is 5.92 Å². The topological polar surface area (TPSA) is 67.2 Å². The second-order valence-corrected chi connectivity index (χ2v) is 4.07. The van der Waals surface area contributed by atoms with E-state index in [0.29, 0.717) is 5.56 Å². The van der Waals surface area contributed by atoms with Gasteiger partial charge >= 0.3 is 0 Å². The van der Waals surface area contributed by atoms with Crippen LogP contribution in [0.4, 0.5) is 0 Å². The van der Waals surface area contributed by atoms with Gasteiger partial charge in [-0.1, -0.05) is 20.3 Å². The molecule has 0 aliphatic heterocycles. The molecule has 16 heavy (non-hydrogen) atoms. The van der Waals surface area contributed by atoms with Crippen LogP contribution < -0.4 is 5.32 Å². The van der Waals surface area contributed by atoms with Crippen LogP contribution in [-0.4, -0.2) is 33.4 Å². The summed E-state index contributed by atoms with van der Waals surface area (Å²) >= 11 is 0. The van der Waals surface area contributed by atoms with Gasteiger partial charge in [0, 0.05) is 19.8 Å². The molecule has 0 aromatic carbocycles. The molecule has 1 aromatic heterocycles. The monoisotopic (exact) mass is 225 g/mol. The van der Waals surface area contributed by atoms with Gasteiger partial charge in [0.15, 0.2) is 0 Å². The zero-order valence-electron chi connectivity index (χ0n) is 9.97. The van der Waals surface area contributed by atoms with Crippen molar-refractivity contribution in [1.29, 1.82) is 0 Å². The molecule has 0 saturated heterocycles. The molecule has 1 aromatic rings. The zero-order valence-corrected chi connectivity index (χ0v) is 9.97. The lowest BCUT2D eigenvalue weighted by atomic mass is 10.0. The number of aliphatic hydroxyl groups is 1. The van der Waals surface area contributed by atoms with Crippen molar-refractivity contribution in [3.05, 3.63) is 18.0 Å². The van der Waals surface area contributed by atoms with E-state index >= 15 is 0 Å². The molecule has 0 aliphatic carbocycles. The summed E-state index contributed by atoms with van der Waals surface area (Å²) in [6.45, 7) is 4.25. The predicted molar refractivity (Wildman–Crippen MR) is 61.0 cm³/mol. The maximum Gasteiger partial charge on any atom is 0.254 e. The summed E-state index contributed by atoms with van der Waals surface area (Å²) in [6, 6.07) is 0. The molecule has 0 fully saturated rings. The first kappa shape index (κ1) is 12.7. The number of carbonyl (C=O) groups excluding carboxylic acids is 1. The molecule has 1 amide bonds. The Morgan fingerprint density at radius 3 is 2.88 bits per heavy atom. The number of nitrogens with one attached hydrogen (secondary N) is 1. The minimum atomic E-state index is -0.495. The van der Waals surface area contributed by atoms with Crippen molar-refractivity contribution >= 4 is 5.91 Å². The number of rotatable bonds is 5. The molecular weight excluding hydrogens is 206 g/mol. The Labute approximate surface area is 95.5 Å². The van der Waals surface area contributed by atoms with E-state index in [2.05, 4.69) is 10.4 Å². The first-order chi connectivity index (χ1) is 7.54. The zero-order chi connectivity index (χ0) is 12.1. The molecule has 0 saturated carbocycles. The van der Waals surface area contributed by atoms with Gasteiger partial charge in [-0.2, -0.15) is 5.10 Å². The Kier molecular flexibility index (Phi) is 4.49. The minimum Gasteiger partial charge on any atom is -0.391 e. The molecule has 0 bridgehead atoms. The number of hydrogen-bond acceptors (Lipinski definition) is 3. The number of amides is 1. The molecule has 2 atom stereocenters. The predicted octanol–water partition coefficient (Wildman–Crippen LogP) is 0.557. The number of hydrogen-bond donors (Lipinski definition) is 2. The highest BCUT2D eigenvalue weighted by Gasteiger charge is 2.14. The highest BCUT2D eigenvalue weighted by Crippen LogP contribution is 2.06. The maximum atomic E-state index is 11.6. The Balaban J connectivity index is 2.41. The molecule has 5 nitrogen and oxygen atoms in total. The van der Waals surface area contributed by atoms with Crippen molar-refractivity contribution in [2.24, 2.45) is 13.0 Å². The number of carbonyl (C=O) groups is 1. The lowest BCUT2D eigenvalue weighted by Gasteiger charge is -2.17. The lowest BCUT2D eigenvalue weighted by molar-refractivity contribution is 0.0850. The van der Waals surface area contributed by atoms with Crippen molar-refractivity contribution in [2.45, 2.75) is 26.4 Å². The summed E-state index contributed by atoms with van der Waals surface area (Å²) in [7, 11) is 1.75. The third-order valence-electron chi connectivity index (χ3n) is 2.74. The van der Waals surface area contributed by atoms with Crippen LogP contribution in [0.25, 0.3) is 0 Å². The first-order valence-corrected chi connectivity index (χ1v) is 5.49. The van der Waals surface area contributed by atoms with E-state index in [1.165, 1.54) is 6.20 Å². The van der Waals surface area contributed by atoms with Crippen LogP contribution in [0, 0.1) is 5.92 Å². The highest BCUT2D eigenvalue weighted by atomic mass is 16.3. The lowest BCUT2D eigenvalue weighted by Crippen LogP contribution is -2.35. The Morgan fingerprint density at radius 1 is 1.69 bits per heavy atom. The molecule has 5 heteroatoms. The van der Waals surface area contributed by atoms with Gasteiger partial charge in [0.2, 0.25) is 0 Å². The van der Waals surface area contributed by atoms with Crippen LogP contribution in [-0.2, 0) is 7.05 Å². The van der Waals surface area contributed by atoms with E-state index in [9.17, 15) is 9.90 Å². The van der Waals surface area contributed by atoms with E-state index in [1.54, 1.807) is 17.9 Å². The van der Waals surface area contributed by atoms with E-state index in [4.69, 9.17) is 0 Å².